The Morgan fingerprint density at radius 3 is 2.53 bits per heavy atom. The van der Waals surface area contributed by atoms with Crippen molar-refractivity contribution in [2.45, 2.75) is 27.2 Å². The topological polar surface area (TPSA) is 95.3 Å². The number of rotatable bonds is 5. The number of anilines is 2. The molecule has 2 aromatic heterocycles. The standard InChI is InChI=1S/C24H24N6O2/c1-24(2,3)21(31)17-13-26-22-20(17)29-19(14-27-22)28-16-8-6-15(7-9-16)12-18(25-4)23(32)30-10-5-11-30/h6-9,12-14H,5,10-11H2,1-3H3,(H,26,27)(H,28,29)/b18-12+. The van der Waals surface area contributed by atoms with Crippen LogP contribution in [0.2, 0.25) is 0 Å². The second-order valence-electron chi connectivity index (χ2n) is 8.77. The van der Waals surface area contributed by atoms with Crippen LogP contribution in [0, 0.1) is 12.0 Å². The van der Waals surface area contributed by atoms with Crippen molar-refractivity contribution in [2.24, 2.45) is 5.41 Å². The largest absolute Gasteiger partial charge is 0.348 e. The molecule has 8 heteroatoms. The summed E-state index contributed by atoms with van der Waals surface area (Å²) in [7, 11) is 0. The van der Waals surface area contributed by atoms with Gasteiger partial charge in [0.1, 0.15) is 11.3 Å². The summed E-state index contributed by atoms with van der Waals surface area (Å²) in [5, 5.41) is 3.19. The number of aromatic nitrogens is 3. The molecule has 32 heavy (non-hydrogen) atoms. The number of nitrogens with one attached hydrogen (secondary N) is 2. The van der Waals surface area contributed by atoms with Crippen LogP contribution in [0.4, 0.5) is 11.5 Å². The Bertz CT molecular complexity index is 1250. The predicted molar refractivity (Wildman–Crippen MR) is 123 cm³/mol. The highest BCUT2D eigenvalue weighted by atomic mass is 16.2. The van der Waals surface area contributed by atoms with Crippen molar-refractivity contribution < 1.29 is 9.59 Å². The Morgan fingerprint density at radius 1 is 1.22 bits per heavy atom. The Labute approximate surface area is 186 Å². The third-order valence-electron chi connectivity index (χ3n) is 5.28. The van der Waals surface area contributed by atoms with Crippen LogP contribution < -0.4 is 5.32 Å². The molecule has 0 radical (unpaired) electrons. The third-order valence-corrected chi connectivity index (χ3v) is 5.28. The summed E-state index contributed by atoms with van der Waals surface area (Å²) in [6.07, 6.45) is 5.84. The summed E-state index contributed by atoms with van der Waals surface area (Å²) in [4.78, 5) is 42.0. The normalized spacial score (nSPS) is 14.1. The molecule has 8 nitrogen and oxygen atoms in total. The van der Waals surface area contributed by atoms with Crippen LogP contribution in [0.5, 0.6) is 0 Å². The van der Waals surface area contributed by atoms with E-state index in [0.29, 0.717) is 35.6 Å². The molecule has 1 fully saturated rings. The van der Waals surface area contributed by atoms with Gasteiger partial charge in [0, 0.05) is 30.4 Å². The summed E-state index contributed by atoms with van der Waals surface area (Å²) >= 11 is 0. The SMILES string of the molecule is [C-]#[N+]/C(=C/c1ccc(Nc2cnc3[nH]cc(C(=O)C(C)(C)C)c3n2)cc1)C(=O)N1CCC1. The number of carbonyl (C=O) groups is 2. The summed E-state index contributed by atoms with van der Waals surface area (Å²) in [6, 6.07) is 7.33. The Kier molecular flexibility index (Phi) is 5.49. The lowest BCUT2D eigenvalue weighted by Gasteiger charge is -2.30. The van der Waals surface area contributed by atoms with Gasteiger partial charge in [0.05, 0.1) is 18.3 Å². The maximum Gasteiger partial charge on any atom is 0.252 e. The second kappa shape index (κ2) is 8.27. The first-order valence-corrected chi connectivity index (χ1v) is 10.4. The molecular weight excluding hydrogens is 404 g/mol. The number of hydrogen-bond acceptors (Lipinski definition) is 5. The number of Topliss-reactive ketones (excluding diaryl/α,β-unsaturated/α-hetero) is 1. The van der Waals surface area contributed by atoms with Crippen LogP contribution in [0.3, 0.4) is 0 Å². The third kappa shape index (κ3) is 4.23. The monoisotopic (exact) mass is 428 g/mol. The number of H-pyrrole nitrogens is 1. The fourth-order valence-corrected chi connectivity index (χ4v) is 3.32. The van der Waals surface area contributed by atoms with Gasteiger partial charge in [0.2, 0.25) is 0 Å². The van der Waals surface area contributed by atoms with Gasteiger partial charge in [-0.3, -0.25) is 9.59 Å². The fourth-order valence-electron chi connectivity index (χ4n) is 3.32. The zero-order chi connectivity index (χ0) is 22.9. The molecule has 0 bridgehead atoms. The van der Waals surface area contributed by atoms with Gasteiger partial charge in [-0.05, 0) is 30.2 Å². The maximum atomic E-state index is 12.7. The highest BCUT2D eigenvalue weighted by Gasteiger charge is 2.26. The molecule has 3 heterocycles. The molecule has 1 aliphatic heterocycles. The number of likely N-dealkylation sites (tertiary alicyclic amines) is 1. The number of nitrogens with zero attached hydrogens (tertiary/aromatic N) is 4. The van der Waals surface area contributed by atoms with E-state index in [9.17, 15) is 9.59 Å². The van der Waals surface area contributed by atoms with E-state index in [2.05, 4.69) is 25.1 Å². The number of aromatic amines is 1. The summed E-state index contributed by atoms with van der Waals surface area (Å²) < 4.78 is 0. The van der Waals surface area contributed by atoms with Crippen molar-refractivity contribution in [1.29, 1.82) is 0 Å². The van der Waals surface area contributed by atoms with Crippen LogP contribution in [0.25, 0.3) is 22.1 Å². The number of benzene rings is 1. The number of carbonyl (C=O) groups excluding carboxylic acids is 2. The maximum absolute atomic E-state index is 12.7. The molecule has 0 aliphatic carbocycles. The van der Waals surface area contributed by atoms with Crippen LogP contribution in [0.15, 0.2) is 42.4 Å². The van der Waals surface area contributed by atoms with Crippen molar-refractivity contribution in [3.05, 3.63) is 64.9 Å². The van der Waals surface area contributed by atoms with E-state index >= 15 is 0 Å². The molecule has 1 aliphatic rings. The molecule has 0 unspecified atom stereocenters. The van der Waals surface area contributed by atoms with Gasteiger partial charge in [-0.2, -0.15) is 0 Å². The lowest BCUT2D eigenvalue weighted by molar-refractivity contribution is -0.129. The Hall–Kier alpha value is -3.99. The molecule has 0 spiro atoms. The summed E-state index contributed by atoms with van der Waals surface area (Å²) in [5.41, 5.74) is 2.73. The minimum absolute atomic E-state index is 0.00488. The van der Waals surface area contributed by atoms with Crippen LogP contribution >= 0.6 is 0 Å². The van der Waals surface area contributed by atoms with Crippen LogP contribution in [-0.2, 0) is 4.79 Å². The first-order valence-electron chi connectivity index (χ1n) is 10.4. The smallest absolute Gasteiger partial charge is 0.252 e. The molecule has 162 valence electrons. The number of ketones is 1. The lowest BCUT2D eigenvalue weighted by Crippen LogP contribution is -2.42. The zero-order valence-corrected chi connectivity index (χ0v) is 18.3. The molecule has 1 aromatic carbocycles. The highest BCUT2D eigenvalue weighted by Crippen LogP contribution is 2.26. The quantitative estimate of drug-likeness (QED) is 0.356. The van der Waals surface area contributed by atoms with Gasteiger partial charge in [-0.1, -0.05) is 32.9 Å². The van der Waals surface area contributed by atoms with Gasteiger partial charge in [-0.25, -0.2) is 14.8 Å². The predicted octanol–water partition coefficient (Wildman–Crippen LogP) is 4.42. The first kappa shape index (κ1) is 21.2. The minimum Gasteiger partial charge on any atom is -0.348 e. The molecule has 0 saturated carbocycles. The molecule has 4 rings (SSSR count). The number of amides is 1. The second-order valence-corrected chi connectivity index (χ2v) is 8.77. The lowest BCUT2D eigenvalue weighted by atomic mass is 9.87. The average molecular weight is 428 g/mol. The Balaban J connectivity index is 1.53. The molecule has 1 saturated heterocycles. The van der Waals surface area contributed by atoms with Crippen molar-refractivity contribution in [1.82, 2.24) is 19.9 Å². The highest BCUT2D eigenvalue weighted by molar-refractivity contribution is 6.08. The van der Waals surface area contributed by atoms with Gasteiger partial charge in [0.15, 0.2) is 11.4 Å². The van der Waals surface area contributed by atoms with E-state index in [4.69, 9.17) is 6.57 Å². The first-order chi connectivity index (χ1) is 15.3. The van der Waals surface area contributed by atoms with Crippen molar-refractivity contribution in [3.8, 4) is 0 Å². The van der Waals surface area contributed by atoms with E-state index in [0.717, 1.165) is 17.7 Å². The van der Waals surface area contributed by atoms with E-state index in [-0.39, 0.29) is 17.4 Å². The number of fused-ring (bicyclic) bond motifs is 1. The van der Waals surface area contributed by atoms with E-state index < -0.39 is 5.41 Å². The molecular formula is C24H24N6O2. The minimum atomic E-state index is -0.523. The fraction of sp³-hybridized carbons (Fsp3) is 0.292. The average Bonchev–Trinajstić information content (AvgIpc) is 3.13. The molecule has 1 amide bonds. The van der Waals surface area contributed by atoms with E-state index in [1.165, 1.54) is 0 Å². The summed E-state index contributed by atoms with van der Waals surface area (Å²) in [5.74, 6) is 0.289. The molecule has 2 N–H and O–H groups in total. The van der Waals surface area contributed by atoms with Crippen LogP contribution in [0.1, 0.15) is 43.1 Å². The number of hydrogen-bond donors (Lipinski definition) is 2. The van der Waals surface area contributed by atoms with Gasteiger partial charge >= 0.3 is 0 Å². The van der Waals surface area contributed by atoms with Gasteiger partial charge in [0.25, 0.3) is 11.6 Å². The van der Waals surface area contributed by atoms with Crippen LogP contribution in [-0.4, -0.2) is 44.6 Å². The Morgan fingerprint density at radius 2 is 1.94 bits per heavy atom. The van der Waals surface area contributed by atoms with Gasteiger partial charge in [-0.15, -0.1) is 0 Å². The summed E-state index contributed by atoms with van der Waals surface area (Å²) in [6.45, 7) is 14.4. The zero-order valence-electron chi connectivity index (χ0n) is 18.3. The van der Waals surface area contributed by atoms with Crippen molar-refractivity contribution >= 4 is 40.4 Å². The molecule has 3 aromatic rings. The molecule has 0 atom stereocenters. The van der Waals surface area contributed by atoms with E-state index in [1.54, 1.807) is 23.4 Å². The van der Waals surface area contributed by atoms with Crippen molar-refractivity contribution in [2.75, 3.05) is 18.4 Å². The van der Waals surface area contributed by atoms with E-state index in [1.807, 2.05) is 45.0 Å². The van der Waals surface area contributed by atoms with Gasteiger partial charge < -0.3 is 15.2 Å². The van der Waals surface area contributed by atoms with Crippen molar-refractivity contribution in [3.63, 3.8) is 0 Å².